The molecule has 1 aliphatic heterocycles. The van der Waals surface area contributed by atoms with Gasteiger partial charge in [0.05, 0.1) is 0 Å². The molecular formula is C5H3BrClNO. The van der Waals surface area contributed by atoms with Crippen LogP contribution in [0.15, 0.2) is 15.6 Å². The van der Waals surface area contributed by atoms with Gasteiger partial charge >= 0.3 is 0 Å². The fourth-order valence-corrected chi connectivity index (χ4v) is 1.16. The second-order valence-corrected chi connectivity index (χ2v) is 2.94. The van der Waals surface area contributed by atoms with E-state index in [1.165, 1.54) is 6.21 Å². The van der Waals surface area contributed by atoms with E-state index in [-0.39, 0.29) is 5.91 Å². The topological polar surface area (TPSA) is 29.4 Å². The second kappa shape index (κ2) is 2.62. The zero-order valence-electron chi connectivity index (χ0n) is 4.34. The van der Waals surface area contributed by atoms with Crippen LogP contribution in [-0.2, 0) is 4.79 Å². The summed E-state index contributed by atoms with van der Waals surface area (Å²) in [5.41, 5.74) is 0. The molecule has 1 rings (SSSR count). The first kappa shape index (κ1) is 6.96. The van der Waals surface area contributed by atoms with Crippen molar-refractivity contribution < 1.29 is 4.79 Å². The maximum atomic E-state index is 10.5. The van der Waals surface area contributed by atoms with Crippen molar-refractivity contribution in [1.29, 1.82) is 0 Å². The number of alkyl halides is 1. The van der Waals surface area contributed by atoms with E-state index in [1.807, 2.05) is 0 Å². The normalized spacial score (nSPS) is 26.2. The van der Waals surface area contributed by atoms with Gasteiger partial charge in [0.15, 0.2) is 0 Å². The zero-order chi connectivity index (χ0) is 6.85. The van der Waals surface area contributed by atoms with Gasteiger partial charge in [-0.2, -0.15) is 0 Å². The summed E-state index contributed by atoms with van der Waals surface area (Å²) >= 11 is 8.62. The quantitative estimate of drug-likeness (QED) is 0.555. The first-order chi connectivity index (χ1) is 4.20. The SMILES string of the molecule is O=C1N=CC(Br)=C[C@@H]1Cl. The standard InChI is InChI=1S/C5H3BrClNO/c6-3-1-4(7)5(9)8-2-3/h1-2,4H/t4-/m0/s1. The molecule has 48 valence electrons. The molecule has 2 nitrogen and oxygen atoms in total. The lowest BCUT2D eigenvalue weighted by Crippen LogP contribution is -2.12. The molecule has 4 heteroatoms. The van der Waals surface area contributed by atoms with Crippen LogP contribution in [0.4, 0.5) is 0 Å². The molecule has 0 radical (unpaired) electrons. The highest BCUT2D eigenvalue weighted by atomic mass is 79.9. The van der Waals surface area contributed by atoms with E-state index in [4.69, 9.17) is 11.6 Å². The summed E-state index contributed by atoms with van der Waals surface area (Å²) in [7, 11) is 0. The van der Waals surface area contributed by atoms with Crippen molar-refractivity contribution in [2.24, 2.45) is 4.99 Å². The van der Waals surface area contributed by atoms with Gasteiger partial charge in [0.2, 0.25) is 0 Å². The Kier molecular flexibility index (Phi) is 2.03. The number of nitrogens with zero attached hydrogens (tertiary/aromatic N) is 1. The summed E-state index contributed by atoms with van der Waals surface area (Å²) in [5, 5.41) is -0.593. The van der Waals surface area contributed by atoms with Gasteiger partial charge in [-0.05, 0) is 22.0 Å². The minimum atomic E-state index is -0.593. The minimum Gasteiger partial charge on any atom is -0.271 e. The van der Waals surface area contributed by atoms with E-state index in [2.05, 4.69) is 20.9 Å². The van der Waals surface area contributed by atoms with Crippen molar-refractivity contribution in [1.82, 2.24) is 0 Å². The van der Waals surface area contributed by atoms with Gasteiger partial charge in [-0.3, -0.25) is 4.79 Å². The lowest BCUT2D eigenvalue weighted by atomic mass is 10.3. The Balaban J connectivity index is 2.82. The number of carbonyl (C=O) groups is 1. The zero-order valence-corrected chi connectivity index (χ0v) is 6.69. The second-order valence-electron chi connectivity index (χ2n) is 1.55. The van der Waals surface area contributed by atoms with Crippen molar-refractivity contribution in [3.63, 3.8) is 0 Å². The summed E-state index contributed by atoms with van der Waals surface area (Å²) < 4.78 is 0.752. The summed E-state index contributed by atoms with van der Waals surface area (Å²) in [5.74, 6) is -0.306. The molecule has 0 aromatic carbocycles. The maximum absolute atomic E-state index is 10.5. The van der Waals surface area contributed by atoms with Crippen LogP contribution >= 0.6 is 27.5 Å². The smallest absolute Gasteiger partial charge is 0.267 e. The number of rotatable bonds is 0. The Morgan fingerprint density at radius 1 is 1.78 bits per heavy atom. The molecule has 0 aliphatic carbocycles. The van der Waals surface area contributed by atoms with Crippen molar-refractivity contribution in [2.45, 2.75) is 5.38 Å². The Hall–Kier alpha value is -0.150. The van der Waals surface area contributed by atoms with Crippen molar-refractivity contribution in [3.8, 4) is 0 Å². The third-order valence-electron chi connectivity index (χ3n) is 0.857. The number of amides is 1. The van der Waals surface area contributed by atoms with Gasteiger partial charge in [0.1, 0.15) is 5.38 Å². The Morgan fingerprint density at radius 2 is 2.44 bits per heavy atom. The fraction of sp³-hybridized carbons (Fsp3) is 0.200. The first-order valence-electron chi connectivity index (χ1n) is 2.29. The van der Waals surface area contributed by atoms with Gasteiger partial charge in [-0.25, -0.2) is 4.99 Å². The molecule has 1 heterocycles. The predicted molar refractivity (Wildman–Crippen MR) is 40.2 cm³/mol. The molecule has 0 saturated heterocycles. The molecule has 0 saturated carbocycles. The number of aliphatic imine (C=N–C) groups is 1. The van der Waals surface area contributed by atoms with Gasteiger partial charge in [-0.1, -0.05) is 0 Å². The van der Waals surface area contributed by atoms with Crippen LogP contribution in [0.1, 0.15) is 0 Å². The minimum absolute atomic E-state index is 0.306. The molecule has 0 unspecified atom stereocenters. The van der Waals surface area contributed by atoms with Crippen LogP contribution in [0.5, 0.6) is 0 Å². The van der Waals surface area contributed by atoms with Crippen LogP contribution in [0.2, 0.25) is 0 Å². The monoisotopic (exact) mass is 207 g/mol. The molecule has 1 atom stereocenters. The van der Waals surface area contributed by atoms with E-state index in [9.17, 15) is 4.79 Å². The molecule has 0 aromatic rings. The largest absolute Gasteiger partial charge is 0.271 e. The van der Waals surface area contributed by atoms with E-state index >= 15 is 0 Å². The molecule has 0 fully saturated rings. The van der Waals surface area contributed by atoms with Gasteiger partial charge in [0, 0.05) is 10.7 Å². The van der Waals surface area contributed by atoms with E-state index < -0.39 is 5.38 Å². The average Bonchev–Trinajstić information content (AvgIpc) is 1.80. The van der Waals surface area contributed by atoms with Crippen LogP contribution in [0.25, 0.3) is 0 Å². The van der Waals surface area contributed by atoms with Crippen molar-refractivity contribution in [2.75, 3.05) is 0 Å². The van der Waals surface area contributed by atoms with Crippen LogP contribution in [0, 0.1) is 0 Å². The Morgan fingerprint density at radius 3 is 2.89 bits per heavy atom. The molecule has 0 spiro atoms. The molecule has 1 amide bonds. The third kappa shape index (κ3) is 1.63. The highest BCUT2D eigenvalue weighted by molar-refractivity contribution is 9.12. The number of allylic oxidation sites excluding steroid dienone is 1. The van der Waals surface area contributed by atoms with Crippen molar-refractivity contribution >= 4 is 39.7 Å². The Bertz CT molecular complexity index is 199. The lowest BCUT2D eigenvalue weighted by molar-refractivity contribution is -0.116. The lowest BCUT2D eigenvalue weighted by Gasteiger charge is -2.02. The summed E-state index contributed by atoms with van der Waals surface area (Å²) in [6, 6.07) is 0. The molecule has 0 N–H and O–H groups in total. The van der Waals surface area contributed by atoms with Crippen LogP contribution in [-0.4, -0.2) is 17.5 Å². The number of hydrogen-bond donors (Lipinski definition) is 0. The summed E-state index contributed by atoms with van der Waals surface area (Å²) in [4.78, 5) is 14.0. The van der Waals surface area contributed by atoms with Crippen LogP contribution < -0.4 is 0 Å². The molecule has 0 bridgehead atoms. The van der Waals surface area contributed by atoms with Gasteiger partial charge in [0.25, 0.3) is 5.91 Å². The number of halogens is 2. The summed E-state index contributed by atoms with van der Waals surface area (Å²) in [6.07, 6.45) is 3.03. The van der Waals surface area contributed by atoms with E-state index in [0.717, 1.165) is 4.48 Å². The fourth-order valence-electron chi connectivity index (χ4n) is 0.451. The molecule has 0 aromatic heterocycles. The molecule has 1 aliphatic rings. The number of dihydropyridines is 1. The van der Waals surface area contributed by atoms with E-state index in [0.29, 0.717) is 0 Å². The average molecular weight is 208 g/mol. The Labute approximate surface area is 65.7 Å². The van der Waals surface area contributed by atoms with E-state index in [1.54, 1.807) is 6.08 Å². The molecular weight excluding hydrogens is 205 g/mol. The highest BCUT2D eigenvalue weighted by Gasteiger charge is 2.14. The first-order valence-corrected chi connectivity index (χ1v) is 3.52. The van der Waals surface area contributed by atoms with Crippen LogP contribution in [0.3, 0.4) is 0 Å². The number of hydrogen-bond acceptors (Lipinski definition) is 1. The predicted octanol–water partition coefficient (Wildman–Crippen LogP) is 1.48. The van der Waals surface area contributed by atoms with Crippen molar-refractivity contribution in [3.05, 3.63) is 10.6 Å². The third-order valence-corrected chi connectivity index (χ3v) is 1.64. The van der Waals surface area contributed by atoms with Gasteiger partial charge in [-0.15, -0.1) is 11.6 Å². The molecule has 9 heavy (non-hydrogen) atoms. The maximum Gasteiger partial charge on any atom is 0.267 e. The summed E-state index contributed by atoms with van der Waals surface area (Å²) in [6.45, 7) is 0. The number of carbonyl (C=O) groups excluding carboxylic acids is 1. The van der Waals surface area contributed by atoms with Gasteiger partial charge < -0.3 is 0 Å². The highest BCUT2D eigenvalue weighted by Crippen LogP contribution is 2.13.